The summed E-state index contributed by atoms with van der Waals surface area (Å²) in [7, 11) is 0. The molecular weight excluding hydrogens is 330 g/mol. The number of fused-ring (bicyclic) bond motifs is 2. The number of para-hydroxylation sites is 2. The Morgan fingerprint density at radius 2 is 2.00 bits per heavy atom. The van der Waals surface area contributed by atoms with Crippen LogP contribution in [0.3, 0.4) is 0 Å². The first-order chi connectivity index (χ1) is 12.7. The minimum atomic E-state index is -0.761. The first-order valence-corrected chi connectivity index (χ1v) is 8.71. The summed E-state index contributed by atoms with van der Waals surface area (Å²) in [5, 5.41) is 2.85. The van der Waals surface area contributed by atoms with Gasteiger partial charge in [-0.2, -0.15) is 0 Å². The van der Waals surface area contributed by atoms with Crippen molar-refractivity contribution in [2.45, 2.75) is 25.4 Å². The molecule has 0 saturated heterocycles. The monoisotopic (exact) mass is 349 g/mol. The Hall–Kier alpha value is -3.15. The van der Waals surface area contributed by atoms with Crippen molar-refractivity contribution in [1.29, 1.82) is 0 Å². The van der Waals surface area contributed by atoms with E-state index in [-0.39, 0.29) is 5.91 Å². The van der Waals surface area contributed by atoms with Gasteiger partial charge in [0.2, 0.25) is 0 Å². The number of esters is 1. The third kappa shape index (κ3) is 3.31. The van der Waals surface area contributed by atoms with E-state index in [2.05, 4.69) is 15.3 Å². The first-order valence-electron chi connectivity index (χ1n) is 8.71. The molecule has 1 aliphatic rings. The molecule has 2 N–H and O–H groups in total. The van der Waals surface area contributed by atoms with Crippen LogP contribution < -0.4 is 5.32 Å². The number of carbonyl (C=O) groups is 2. The van der Waals surface area contributed by atoms with Gasteiger partial charge in [0, 0.05) is 19.4 Å². The number of carbonyl (C=O) groups excluding carboxylic acids is 2. The molecule has 132 valence electrons. The highest BCUT2D eigenvalue weighted by atomic mass is 16.5. The fourth-order valence-corrected chi connectivity index (χ4v) is 3.18. The smallest absolute Gasteiger partial charge is 0.339 e. The Morgan fingerprint density at radius 3 is 2.88 bits per heavy atom. The van der Waals surface area contributed by atoms with E-state index in [4.69, 9.17) is 4.74 Å². The third-order valence-corrected chi connectivity index (χ3v) is 4.51. The number of hydrogen-bond acceptors (Lipinski definition) is 4. The summed E-state index contributed by atoms with van der Waals surface area (Å²) in [5.74, 6) is 0.213. The van der Waals surface area contributed by atoms with Crippen molar-refractivity contribution in [3.8, 4) is 0 Å². The van der Waals surface area contributed by atoms with E-state index >= 15 is 0 Å². The van der Waals surface area contributed by atoms with Gasteiger partial charge >= 0.3 is 5.97 Å². The highest BCUT2D eigenvalue weighted by Gasteiger charge is 2.30. The van der Waals surface area contributed by atoms with Gasteiger partial charge in [0.1, 0.15) is 5.82 Å². The lowest BCUT2D eigenvalue weighted by Crippen LogP contribution is -2.42. The first kappa shape index (κ1) is 16.3. The van der Waals surface area contributed by atoms with E-state index < -0.39 is 12.1 Å². The SMILES string of the molecule is O=C1OC(C(=O)NCCCc2nc3ccccc3[nH]2)Cc2ccccc21. The summed E-state index contributed by atoms with van der Waals surface area (Å²) in [6.45, 7) is 0.506. The fourth-order valence-electron chi connectivity index (χ4n) is 3.18. The molecule has 4 rings (SSSR count). The number of imidazole rings is 1. The molecule has 3 aromatic rings. The predicted molar refractivity (Wildman–Crippen MR) is 96.8 cm³/mol. The summed E-state index contributed by atoms with van der Waals surface area (Å²) in [5.41, 5.74) is 3.35. The molecule has 0 bridgehead atoms. The molecule has 0 radical (unpaired) electrons. The van der Waals surface area contributed by atoms with Crippen molar-refractivity contribution in [2.75, 3.05) is 6.54 Å². The van der Waals surface area contributed by atoms with Crippen LogP contribution in [0.2, 0.25) is 0 Å². The molecule has 1 unspecified atom stereocenters. The number of rotatable bonds is 5. The van der Waals surface area contributed by atoms with E-state index in [0.717, 1.165) is 35.3 Å². The maximum atomic E-state index is 12.3. The van der Waals surface area contributed by atoms with E-state index in [1.165, 1.54) is 0 Å². The molecule has 6 nitrogen and oxygen atoms in total. The van der Waals surface area contributed by atoms with E-state index in [9.17, 15) is 9.59 Å². The maximum absolute atomic E-state index is 12.3. The van der Waals surface area contributed by atoms with Gasteiger partial charge in [-0.1, -0.05) is 30.3 Å². The minimum absolute atomic E-state index is 0.252. The van der Waals surface area contributed by atoms with Gasteiger partial charge in [0.05, 0.1) is 16.6 Å². The number of nitrogens with one attached hydrogen (secondary N) is 2. The zero-order valence-electron chi connectivity index (χ0n) is 14.2. The van der Waals surface area contributed by atoms with Crippen molar-refractivity contribution in [3.05, 3.63) is 65.5 Å². The van der Waals surface area contributed by atoms with Crippen LogP contribution in [0.15, 0.2) is 48.5 Å². The second-order valence-electron chi connectivity index (χ2n) is 6.35. The number of aromatic amines is 1. The van der Waals surface area contributed by atoms with Crippen LogP contribution >= 0.6 is 0 Å². The molecule has 1 aliphatic heterocycles. The second-order valence-corrected chi connectivity index (χ2v) is 6.35. The van der Waals surface area contributed by atoms with Gasteiger partial charge < -0.3 is 15.0 Å². The van der Waals surface area contributed by atoms with Gasteiger partial charge in [-0.05, 0) is 30.2 Å². The summed E-state index contributed by atoms with van der Waals surface area (Å²) in [6.07, 6.45) is 1.14. The molecule has 1 aromatic heterocycles. The average Bonchev–Trinajstić information content (AvgIpc) is 3.08. The van der Waals surface area contributed by atoms with E-state index in [1.54, 1.807) is 12.1 Å². The summed E-state index contributed by atoms with van der Waals surface area (Å²) in [6, 6.07) is 15.1. The lowest BCUT2D eigenvalue weighted by molar-refractivity contribution is -0.130. The largest absolute Gasteiger partial charge is 0.448 e. The van der Waals surface area contributed by atoms with Gasteiger partial charge in [-0.15, -0.1) is 0 Å². The van der Waals surface area contributed by atoms with Crippen LogP contribution in [0.1, 0.15) is 28.2 Å². The fraction of sp³-hybridized carbons (Fsp3) is 0.250. The zero-order chi connectivity index (χ0) is 17.9. The van der Waals surface area contributed by atoms with Gasteiger partial charge in [0.15, 0.2) is 6.10 Å². The molecule has 1 amide bonds. The molecular formula is C20H19N3O3. The highest BCUT2D eigenvalue weighted by molar-refractivity contribution is 5.95. The number of cyclic esters (lactones) is 1. The van der Waals surface area contributed by atoms with Gasteiger partial charge in [-0.3, -0.25) is 4.79 Å². The Kier molecular flexibility index (Phi) is 4.39. The van der Waals surface area contributed by atoms with Crippen LogP contribution in [0.25, 0.3) is 11.0 Å². The number of hydrogen-bond donors (Lipinski definition) is 2. The van der Waals surface area contributed by atoms with Crippen molar-refractivity contribution < 1.29 is 14.3 Å². The Balaban J connectivity index is 1.28. The number of aromatic nitrogens is 2. The molecule has 0 fully saturated rings. The summed E-state index contributed by atoms with van der Waals surface area (Å²) in [4.78, 5) is 32.1. The lowest BCUT2D eigenvalue weighted by atomic mass is 9.98. The van der Waals surface area contributed by atoms with E-state index in [0.29, 0.717) is 18.5 Å². The molecule has 6 heteroatoms. The Morgan fingerprint density at radius 1 is 1.19 bits per heavy atom. The second kappa shape index (κ2) is 7.00. The number of amides is 1. The molecule has 1 atom stereocenters. The molecule has 0 aliphatic carbocycles. The topological polar surface area (TPSA) is 84.1 Å². The summed E-state index contributed by atoms with van der Waals surface area (Å²) >= 11 is 0. The Bertz CT molecular complexity index is 931. The van der Waals surface area contributed by atoms with Crippen LogP contribution in [0.5, 0.6) is 0 Å². The number of aryl methyl sites for hydroxylation is 1. The molecule has 2 heterocycles. The van der Waals surface area contributed by atoms with Crippen LogP contribution in [-0.2, 0) is 22.4 Å². The van der Waals surface area contributed by atoms with Crippen molar-refractivity contribution in [2.24, 2.45) is 0 Å². The van der Waals surface area contributed by atoms with Crippen molar-refractivity contribution in [3.63, 3.8) is 0 Å². The van der Waals surface area contributed by atoms with Crippen LogP contribution in [0.4, 0.5) is 0 Å². The molecule has 0 saturated carbocycles. The average molecular weight is 349 g/mol. The Labute approximate surface area is 150 Å². The standard InChI is InChI=1S/C20H19N3O3/c24-19(17-12-13-6-1-2-7-14(13)20(25)26-17)21-11-5-10-18-22-15-8-3-4-9-16(15)23-18/h1-4,6-9,17H,5,10-12H2,(H,21,24)(H,22,23). The number of nitrogens with zero attached hydrogens (tertiary/aromatic N) is 1. The summed E-state index contributed by atoms with van der Waals surface area (Å²) < 4.78 is 5.26. The zero-order valence-corrected chi connectivity index (χ0v) is 14.2. The van der Waals surface area contributed by atoms with Gasteiger partial charge in [0.25, 0.3) is 5.91 Å². The van der Waals surface area contributed by atoms with Crippen LogP contribution in [-0.4, -0.2) is 34.5 Å². The predicted octanol–water partition coefficient (Wildman–Crippen LogP) is 2.39. The quantitative estimate of drug-likeness (QED) is 0.547. The van der Waals surface area contributed by atoms with Crippen molar-refractivity contribution >= 4 is 22.9 Å². The lowest BCUT2D eigenvalue weighted by Gasteiger charge is -2.23. The molecule has 26 heavy (non-hydrogen) atoms. The number of ether oxygens (including phenoxy) is 1. The van der Waals surface area contributed by atoms with Crippen LogP contribution in [0, 0.1) is 0 Å². The van der Waals surface area contributed by atoms with Crippen molar-refractivity contribution in [1.82, 2.24) is 15.3 Å². The molecule has 2 aromatic carbocycles. The number of H-pyrrole nitrogens is 1. The van der Waals surface area contributed by atoms with Gasteiger partial charge in [-0.25, -0.2) is 9.78 Å². The normalized spacial score (nSPS) is 16.2. The third-order valence-electron chi connectivity index (χ3n) is 4.51. The highest BCUT2D eigenvalue weighted by Crippen LogP contribution is 2.20. The van der Waals surface area contributed by atoms with E-state index in [1.807, 2.05) is 36.4 Å². The maximum Gasteiger partial charge on any atom is 0.339 e. The molecule has 0 spiro atoms. The number of benzene rings is 2. The minimum Gasteiger partial charge on any atom is -0.448 e.